The number of thioether (sulfide) groups is 1. The lowest BCUT2D eigenvalue weighted by molar-refractivity contribution is -0.385. The first-order chi connectivity index (χ1) is 12.3. The zero-order chi connectivity index (χ0) is 18.8. The molecular formula is C17H11BrClN3O3S. The second-order valence-electron chi connectivity index (χ2n) is 5.38. The van der Waals surface area contributed by atoms with E-state index in [0.29, 0.717) is 30.8 Å². The van der Waals surface area contributed by atoms with Crippen molar-refractivity contribution in [1.82, 2.24) is 5.32 Å². The molecule has 1 heterocycles. The van der Waals surface area contributed by atoms with Crippen LogP contribution in [0.25, 0.3) is 6.08 Å². The van der Waals surface area contributed by atoms with Crippen LogP contribution in [-0.2, 0) is 4.79 Å². The first kappa shape index (κ1) is 18.6. The Labute approximate surface area is 166 Å². The summed E-state index contributed by atoms with van der Waals surface area (Å²) in [6.45, 7) is 1.89. The second-order valence-corrected chi connectivity index (χ2v) is 7.68. The molecule has 1 N–H and O–H groups in total. The number of nitro groups is 1. The van der Waals surface area contributed by atoms with Gasteiger partial charge in [-0.2, -0.15) is 0 Å². The normalized spacial score (nSPS) is 17.0. The monoisotopic (exact) mass is 451 g/mol. The number of hydrogen-bond acceptors (Lipinski definition) is 5. The largest absolute Gasteiger partial charge is 0.300 e. The summed E-state index contributed by atoms with van der Waals surface area (Å²) < 4.78 is 0.381. The third-order valence-electron chi connectivity index (χ3n) is 3.50. The van der Waals surface area contributed by atoms with E-state index >= 15 is 0 Å². The lowest BCUT2D eigenvalue weighted by atomic mass is 10.2. The maximum absolute atomic E-state index is 12.1. The SMILES string of the molecule is Cc1ccc(N=C2NC(=O)/C(=C\c3ccc(Br)c([N+](=O)[O-])c3)S2)cc1Cl. The fourth-order valence-corrected chi connectivity index (χ4v) is 3.57. The molecule has 3 rings (SSSR count). The molecule has 2 aromatic carbocycles. The lowest BCUT2D eigenvalue weighted by Gasteiger charge is -2.00. The molecule has 0 radical (unpaired) electrons. The van der Waals surface area contributed by atoms with Crippen molar-refractivity contribution < 1.29 is 9.72 Å². The highest BCUT2D eigenvalue weighted by Gasteiger charge is 2.24. The number of nitrogens with zero attached hydrogens (tertiary/aromatic N) is 2. The quantitative estimate of drug-likeness (QED) is 0.393. The van der Waals surface area contributed by atoms with E-state index in [0.717, 1.165) is 17.3 Å². The van der Waals surface area contributed by atoms with E-state index in [4.69, 9.17) is 11.6 Å². The van der Waals surface area contributed by atoms with Crippen molar-refractivity contribution in [2.75, 3.05) is 0 Å². The molecule has 0 aliphatic carbocycles. The molecule has 0 spiro atoms. The summed E-state index contributed by atoms with van der Waals surface area (Å²) in [4.78, 5) is 27.4. The Morgan fingerprint density at radius 3 is 2.77 bits per heavy atom. The first-order valence-electron chi connectivity index (χ1n) is 7.33. The summed E-state index contributed by atoms with van der Waals surface area (Å²) in [5, 5.41) is 14.7. The Morgan fingerprint density at radius 2 is 2.08 bits per heavy atom. The molecule has 9 heteroatoms. The van der Waals surface area contributed by atoms with Gasteiger partial charge in [0.2, 0.25) is 0 Å². The van der Waals surface area contributed by atoms with Crippen LogP contribution in [0.1, 0.15) is 11.1 Å². The Morgan fingerprint density at radius 1 is 1.31 bits per heavy atom. The summed E-state index contributed by atoms with van der Waals surface area (Å²) in [5.74, 6) is -0.308. The summed E-state index contributed by atoms with van der Waals surface area (Å²) >= 11 is 10.4. The minimum Gasteiger partial charge on any atom is -0.300 e. The van der Waals surface area contributed by atoms with E-state index in [1.807, 2.05) is 13.0 Å². The van der Waals surface area contributed by atoms with Crippen LogP contribution in [0.4, 0.5) is 11.4 Å². The van der Waals surface area contributed by atoms with E-state index < -0.39 is 4.92 Å². The molecule has 0 unspecified atom stereocenters. The summed E-state index contributed by atoms with van der Waals surface area (Å²) in [5.41, 5.74) is 2.06. The highest BCUT2D eigenvalue weighted by atomic mass is 79.9. The number of nitro benzene ring substituents is 1. The van der Waals surface area contributed by atoms with Crippen molar-refractivity contribution in [3.8, 4) is 0 Å². The van der Waals surface area contributed by atoms with Gasteiger partial charge >= 0.3 is 0 Å². The van der Waals surface area contributed by atoms with Gasteiger partial charge < -0.3 is 5.32 Å². The third kappa shape index (κ3) is 4.14. The average Bonchev–Trinajstić information content (AvgIpc) is 2.92. The van der Waals surface area contributed by atoms with E-state index in [2.05, 4.69) is 26.2 Å². The van der Waals surface area contributed by atoms with Crippen LogP contribution in [0.15, 0.2) is 50.8 Å². The van der Waals surface area contributed by atoms with Crippen LogP contribution in [-0.4, -0.2) is 16.0 Å². The van der Waals surface area contributed by atoms with Gasteiger partial charge in [-0.1, -0.05) is 23.7 Å². The molecule has 1 amide bonds. The van der Waals surface area contributed by atoms with Crippen molar-refractivity contribution in [3.63, 3.8) is 0 Å². The van der Waals surface area contributed by atoms with Crippen LogP contribution in [0.5, 0.6) is 0 Å². The van der Waals surface area contributed by atoms with Gasteiger partial charge in [0.15, 0.2) is 5.17 Å². The number of rotatable bonds is 3. The molecule has 2 aromatic rings. The molecule has 6 nitrogen and oxygen atoms in total. The van der Waals surface area contributed by atoms with Gasteiger partial charge in [-0.05, 0) is 70.0 Å². The van der Waals surface area contributed by atoms with Crippen LogP contribution in [0.3, 0.4) is 0 Å². The van der Waals surface area contributed by atoms with E-state index in [1.165, 1.54) is 6.07 Å². The van der Waals surface area contributed by atoms with Gasteiger partial charge in [0.1, 0.15) is 0 Å². The first-order valence-corrected chi connectivity index (χ1v) is 9.32. The molecule has 26 heavy (non-hydrogen) atoms. The number of benzene rings is 2. The van der Waals surface area contributed by atoms with E-state index in [9.17, 15) is 14.9 Å². The van der Waals surface area contributed by atoms with Gasteiger partial charge in [-0.25, -0.2) is 4.99 Å². The maximum atomic E-state index is 12.1. The fourth-order valence-electron chi connectivity index (χ4n) is 2.16. The number of halogens is 2. The molecule has 1 fully saturated rings. The predicted molar refractivity (Wildman–Crippen MR) is 108 cm³/mol. The number of hydrogen-bond donors (Lipinski definition) is 1. The molecule has 0 aromatic heterocycles. The lowest BCUT2D eigenvalue weighted by Crippen LogP contribution is -2.19. The Kier molecular flexibility index (Phi) is 5.45. The summed E-state index contributed by atoms with van der Waals surface area (Å²) in [7, 11) is 0. The van der Waals surface area contributed by atoms with Crippen LogP contribution in [0.2, 0.25) is 5.02 Å². The zero-order valence-electron chi connectivity index (χ0n) is 13.3. The average molecular weight is 453 g/mol. The molecule has 0 atom stereocenters. The predicted octanol–water partition coefficient (Wildman–Crippen LogP) is 5.21. The number of aliphatic imine (C=N–C) groups is 1. The smallest absolute Gasteiger partial charge is 0.284 e. The van der Waals surface area contributed by atoms with Crippen LogP contribution >= 0.6 is 39.3 Å². The Balaban J connectivity index is 1.86. The molecule has 0 bridgehead atoms. The molecular weight excluding hydrogens is 442 g/mol. The van der Waals surface area contributed by atoms with Gasteiger partial charge in [0.05, 0.1) is 20.0 Å². The maximum Gasteiger partial charge on any atom is 0.284 e. The molecule has 1 aliphatic rings. The summed E-state index contributed by atoms with van der Waals surface area (Å²) in [6, 6.07) is 10.0. The second kappa shape index (κ2) is 7.61. The zero-order valence-corrected chi connectivity index (χ0v) is 16.5. The van der Waals surface area contributed by atoms with Crippen LogP contribution in [0, 0.1) is 17.0 Å². The van der Waals surface area contributed by atoms with Crippen molar-refractivity contribution in [1.29, 1.82) is 0 Å². The van der Waals surface area contributed by atoms with Crippen molar-refractivity contribution in [2.24, 2.45) is 4.99 Å². The van der Waals surface area contributed by atoms with Gasteiger partial charge in [-0.3, -0.25) is 14.9 Å². The molecule has 0 saturated carbocycles. The summed E-state index contributed by atoms with van der Waals surface area (Å²) in [6.07, 6.45) is 1.59. The molecule has 1 aliphatic heterocycles. The fraction of sp³-hybridized carbons (Fsp3) is 0.0588. The van der Waals surface area contributed by atoms with E-state index in [-0.39, 0.29) is 11.6 Å². The highest BCUT2D eigenvalue weighted by molar-refractivity contribution is 9.10. The van der Waals surface area contributed by atoms with Crippen molar-refractivity contribution in [2.45, 2.75) is 6.92 Å². The minimum absolute atomic E-state index is 0.0639. The Bertz CT molecular complexity index is 991. The number of nitrogens with one attached hydrogen (secondary N) is 1. The number of carbonyl (C=O) groups is 1. The van der Waals surface area contributed by atoms with Gasteiger partial charge in [0, 0.05) is 11.1 Å². The number of amides is 1. The van der Waals surface area contributed by atoms with Gasteiger partial charge in [0.25, 0.3) is 11.6 Å². The molecule has 132 valence electrons. The number of aryl methyl sites for hydroxylation is 1. The highest BCUT2D eigenvalue weighted by Crippen LogP contribution is 2.31. The third-order valence-corrected chi connectivity index (χ3v) is 5.49. The molecule has 1 saturated heterocycles. The van der Waals surface area contributed by atoms with Crippen molar-refractivity contribution in [3.05, 3.63) is 72.0 Å². The standard InChI is InChI=1S/C17H11BrClN3O3S/c1-9-2-4-11(8-13(9)19)20-17-21-16(23)15(26-17)7-10-3-5-12(18)14(6-10)22(24)25/h2-8H,1H3,(H,20,21,23)/b15-7+. The Hall–Kier alpha value is -2.16. The van der Waals surface area contributed by atoms with Crippen molar-refractivity contribution >= 4 is 67.8 Å². The number of carbonyl (C=O) groups excluding carboxylic acids is 1. The van der Waals surface area contributed by atoms with Gasteiger partial charge in [-0.15, -0.1) is 0 Å². The number of amidine groups is 1. The van der Waals surface area contributed by atoms with E-state index in [1.54, 1.807) is 30.3 Å². The van der Waals surface area contributed by atoms with Crippen LogP contribution < -0.4 is 5.32 Å². The topological polar surface area (TPSA) is 84.6 Å². The minimum atomic E-state index is -0.484.